The molecule has 0 spiro atoms. The first-order valence-corrected chi connectivity index (χ1v) is 7.09. The van der Waals surface area contributed by atoms with Gasteiger partial charge in [0.2, 0.25) is 0 Å². The number of hydrogen-bond donors (Lipinski definition) is 1. The minimum atomic E-state index is -0.419. The van der Waals surface area contributed by atoms with Crippen molar-refractivity contribution in [3.63, 3.8) is 0 Å². The molecule has 0 atom stereocenters. The molecule has 0 saturated carbocycles. The lowest BCUT2D eigenvalue weighted by atomic mass is 10.2. The highest BCUT2D eigenvalue weighted by Gasteiger charge is 2.10. The van der Waals surface area contributed by atoms with Crippen LogP contribution >= 0.6 is 12.6 Å². The fourth-order valence-electron chi connectivity index (χ4n) is 1.86. The van der Waals surface area contributed by atoms with Crippen molar-refractivity contribution in [2.24, 2.45) is 0 Å². The molecule has 0 radical (unpaired) electrons. The molecule has 0 saturated heterocycles. The number of hydrogen-bond acceptors (Lipinski definition) is 5. The minimum Gasteiger partial charge on any atom is -0.258 e. The molecule has 0 aliphatic carbocycles. The topological polar surface area (TPSA) is 73.8 Å². The number of nitro benzene ring substituents is 1. The predicted molar refractivity (Wildman–Crippen MR) is 79.8 cm³/mol. The van der Waals surface area contributed by atoms with E-state index in [-0.39, 0.29) is 5.69 Å². The Hall–Kier alpha value is -1.89. The number of nitro groups is 1. The Morgan fingerprint density at radius 3 is 2.90 bits per heavy atom. The zero-order valence-corrected chi connectivity index (χ0v) is 11.9. The van der Waals surface area contributed by atoms with Gasteiger partial charge in [-0.05, 0) is 18.6 Å². The van der Waals surface area contributed by atoms with Crippen LogP contribution in [0.3, 0.4) is 0 Å². The smallest absolute Gasteiger partial charge is 0.258 e. The van der Waals surface area contributed by atoms with Crippen molar-refractivity contribution in [3.8, 4) is 11.4 Å². The maximum absolute atomic E-state index is 10.7. The fourth-order valence-corrected chi connectivity index (χ4v) is 2.08. The number of aryl methyl sites for hydroxylation is 1. The summed E-state index contributed by atoms with van der Waals surface area (Å²) in [6, 6.07) is 6.35. The van der Waals surface area contributed by atoms with Crippen LogP contribution in [0.4, 0.5) is 5.69 Å². The summed E-state index contributed by atoms with van der Waals surface area (Å²) in [5.74, 6) is 1.42. The van der Waals surface area contributed by atoms with Crippen LogP contribution < -0.4 is 0 Å². The summed E-state index contributed by atoms with van der Waals surface area (Å²) in [6.07, 6.45) is 4.89. The molecule has 1 heterocycles. The highest BCUT2D eigenvalue weighted by molar-refractivity contribution is 7.80. The normalized spacial score (nSPS) is 10.7. The van der Waals surface area contributed by atoms with Crippen molar-refractivity contribution in [1.82, 2.24) is 14.8 Å². The van der Waals surface area contributed by atoms with E-state index in [4.69, 9.17) is 0 Å². The third kappa shape index (κ3) is 3.80. The van der Waals surface area contributed by atoms with Crippen LogP contribution in [0.15, 0.2) is 30.6 Å². The van der Waals surface area contributed by atoms with Crippen molar-refractivity contribution >= 4 is 18.3 Å². The summed E-state index contributed by atoms with van der Waals surface area (Å²) >= 11 is 4.17. The van der Waals surface area contributed by atoms with E-state index in [0.29, 0.717) is 11.4 Å². The van der Waals surface area contributed by atoms with E-state index in [1.807, 2.05) is 0 Å². The van der Waals surface area contributed by atoms with E-state index in [9.17, 15) is 10.1 Å². The van der Waals surface area contributed by atoms with Gasteiger partial charge in [0.15, 0.2) is 5.82 Å². The summed E-state index contributed by atoms with van der Waals surface area (Å²) in [5.41, 5.74) is 0.709. The lowest BCUT2D eigenvalue weighted by Gasteiger charge is -1.99. The van der Waals surface area contributed by atoms with Crippen molar-refractivity contribution in [2.45, 2.75) is 25.8 Å². The van der Waals surface area contributed by atoms with Crippen LogP contribution in [0.2, 0.25) is 0 Å². The fraction of sp³-hybridized carbons (Fsp3) is 0.385. The van der Waals surface area contributed by atoms with Gasteiger partial charge in [0.05, 0.1) is 4.92 Å². The summed E-state index contributed by atoms with van der Waals surface area (Å²) in [7, 11) is 0. The second-order valence-electron chi connectivity index (χ2n) is 4.42. The Bertz CT molecular complexity index is 585. The molecule has 1 aromatic heterocycles. The Kier molecular flexibility index (Phi) is 5.11. The Labute approximate surface area is 122 Å². The monoisotopic (exact) mass is 292 g/mol. The van der Waals surface area contributed by atoms with E-state index in [1.165, 1.54) is 12.1 Å². The van der Waals surface area contributed by atoms with E-state index >= 15 is 0 Å². The second kappa shape index (κ2) is 7.04. The Morgan fingerprint density at radius 1 is 1.30 bits per heavy atom. The molecule has 0 aliphatic heterocycles. The van der Waals surface area contributed by atoms with Crippen LogP contribution in [0.1, 0.15) is 19.3 Å². The number of non-ortho nitro benzene ring substituents is 1. The van der Waals surface area contributed by atoms with Gasteiger partial charge in [-0.3, -0.25) is 14.8 Å². The van der Waals surface area contributed by atoms with Crippen LogP contribution in [0.25, 0.3) is 11.4 Å². The van der Waals surface area contributed by atoms with Crippen LogP contribution in [0.5, 0.6) is 0 Å². The van der Waals surface area contributed by atoms with E-state index < -0.39 is 4.92 Å². The first kappa shape index (κ1) is 14.5. The largest absolute Gasteiger partial charge is 0.270 e. The number of aromatic nitrogens is 3. The molecule has 7 heteroatoms. The van der Waals surface area contributed by atoms with Crippen LogP contribution in [-0.2, 0) is 6.54 Å². The van der Waals surface area contributed by atoms with Crippen LogP contribution in [0, 0.1) is 10.1 Å². The van der Waals surface area contributed by atoms with Gasteiger partial charge in [-0.2, -0.15) is 17.7 Å². The van der Waals surface area contributed by atoms with Gasteiger partial charge in [0.25, 0.3) is 5.69 Å². The Morgan fingerprint density at radius 2 is 2.15 bits per heavy atom. The summed E-state index contributed by atoms with van der Waals surface area (Å²) in [5, 5.41) is 15.1. The minimum absolute atomic E-state index is 0.0487. The molecule has 0 aliphatic rings. The van der Waals surface area contributed by atoms with Crippen molar-refractivity contribution in [2.75, 3.05) is 5.75 Å². The molecule has 2 rings (SSSR count). The molecule has 2 aromatic rings. The number of benzene rings is 1. The first-order chi connectivity index (χ1) is 9.70. The number of unbranched alkanes of at least 4 members (excludes halogenated alkanes) is 2. The number of thiol groups is 1. The van der Waals surface area contributed by atoms with E-state index in [0.717, 1.165) is 31.6 Å². The van der Waals surface area contributed by atoms with E-state index in [2.05, 4.69) is 22.7 Å². The molecule has 1 aromatic carbocycles. The molecule has 0 fully saturated rings. The average Bonchev–Trinajstić information content (AvgIpc) is 2.92. The standard InChI is InChI=1S/C13H16N4O2S/c18-17(19)12-6-4-5-11(9-12)13-14-10-16(15-13)7-2-1-3-8-20/h4-6,9-10,20H,1-3,7-8H2. The molecular formula is C13H16N4O2S. The van der Waals surface area contributed by atoms with Gasteiger partial charge in [-0.15, -0.1) is 0 Å². The number of nitrogens with zero attached hydrogens (tertiary/aromatic N) is 4. The van der Waals surface area contributed by atoms with Crippen molar-refractivity contribution in [1.29, 1.82) is 0 Å². The molecule has 0 bridgehead atoms. The maximum atomic E-state index is 10.7. The van der Waals surface area contributed by atoms with E-state index in [1.54, 1.807) is 23.1 Å². The van der Waals surface area contributed by atoms with Crippen LogP contribution in [-0.4, -0.2) is 25.4 Å². The highest BCUT2D eigenvalue weighted by atomic mass is 32.1. The van der Waals surface area contributed by atoms with Gasteiger partial charge in [-0.25, -0.2) is 4.98 Å². The quantitative estimate of drug-likeness (QED) is 0.368. The molecule has 0 amide bonds. The zero-order valence-electron chi connectivity index (χ0n) is 11.0. The van der Waals surface area contributed by atoms with Gasteiger partial charge in [0, 0.05) is 24.2 Å². The average molecular weight is 292 g/mol. The third-order valence-electron chi connectivity index (χ3n) is 2.90. The van der Waals surface area contributed by atoms with Gasteiger partial charge in [-0.1, -0.05) is 18.6 Å². The van der Waals surface area contributed by atoms with Gasteiger partial charge < -0.3 is 0 Å². The van der Waals surface area contributed by atoms with Gasteiger partial charge in [0.1, 0.15) is 6.33 Å². The highest BCUT2D eigenvalue weighted by Crippen LogP contribution is 2.20. The molecule has 0 N–H and O–H groups in total. The molecular weight excluding hydrogens is 276 g/mol. The first-order valence-electron chi connectivity index (χ1n) is 6.46. The third-order valence-corrected chi connectivity index (χ3v) is 3.21. The zero-order chi connectivity index (χ0) is 14.4. The summed E-state index contributed by atoms with van der Waals surface area (Å²) in [6.45, 7) is 0.801. The molecule has 6 nitrogen and oxygen atoms in total. The second-order valence-corrected chi connectivity index (χ2v) is 4.87. The Balaban J connectivity index is 2.04. The molecule has 106 valence electrons. The lowest BCUT2D eigenvalue weighted by molar-refractivity contribution is -0.384. The molecule has 0 unspecified atom stereocenters. The summed E-state index contributed by atoms with van der Waals surface area (Å²) in [4.78, 5) is 14.5. The van der Waals surface area contributed by atoms with Crippen molar-refractivity contribution < 1.29 is 4.92 Å². The predicted octanol–water partition coefficient (Wildman–Crippen LogP) is 2.95. The van der Waals surface area contributed by atoms with Gasteiger partial charge >= 0.3 is 0 Å². The lowest BCUT2D eigenvalue weighted by Crippen LogP contribution is -1.99. The van der Waals surface area contributed by atoms with Crippen molar-refractivity contribution in [3.05, 3.63) is 40.7 Å². The maximum Gasteiger partial charge on any atom is 0.270 e. The SMILES string of the molecule is O=[N+]([O-])c1cccc(-c2ncn(CCCCCS)n2)c1. The molecule has 20 heavy (non-hydrogen) atoms. The number of rotatable bonds is 7. The summed E-state index contributed by atoms with van der Waals surface area (Å²) < 4.78 is 1.77.